The molecule has 0 saturated carbocycles. The topological polar surface area (TPSA) is 153 Å². The lowest BCUT2D eigenvalue weighted by Crippen LogP contribution is -2.22. The first-order chi connectivity index (χ1) is 13.5. The van der Waals surface area contributed by atoms with Crippen molar-refractivity contribution in [3.8, 4) is 0 Å². The maximum absolute atomic E-state index is 12.8. The lowest BCUT2D eigenvalue weighted by Gasteiger charge is -2.14. The van der Waals surface area contributed by atoms with Gasteiger partial charge in [0.25, 0.3) is 5.91 Å². The molecular formula is C18H20N2O7S2. The Hall–Kier alpha value is -2.73. The van der Waals surface area contributed by atoms with Crippen LogP contribution in [0.2, 0.25) is 0 Å². The fourth-order valence-electron chi connectivity index (χ4n) is 2.43. The van der Waals surface area contributed by atoms with Gasteiger partial charge in [-0.1, -0.05) is 12.1 Å². The smallest absolute Gasteiger partial charge is 0.397 e. The SMILES string of the molecule is C=CC(CCOS(=O)(=O)O)S(=O)(=O)c1cccc(NC(=O)c2ccc(N)cc2)c1. The first-order valence-electron chi connectivity index (χ1n) is 8.28. The minimum absolute atomic E-state index is 0.0932. The number of anilines is 2. The first-order valence-corrected chi connectivity index (χ1v) is 11.2. The lowest BCUT2D eigenvalue weighted by atomic mass is 10.2. The lowest BCUT2D eigenvalue weighted by molar-refractivity contribution is 0.102. The Morgan fingerprint density at radius 1 is 1.17 bits per heavy atom. The van der Waals surface area contributed by atoms with Crippen LogP contribution in [0.4, 0.5) is 11.4 Å². The second-order valence-electron chi connectivity index (χ2n) is 5.96. The average molecular weight is 440 g/mol. The minimum atomic E-state index is -4.67. The summed E-state index contributed by atoms with van der Waals surface area (Å²) in [7, 11) is -8.61. The van der Waals surface area contributed by atoms with Gasteiger partial charge in [-0.25, -0.2) is 12.6 Å². The van der Waals surface area contributed by atoms with Crippen LogP contribution in [0.25, 0.3) is 0 Å². The molecule has 9 nitrogen and oxygen atoms in total. The maximum atomic E-state index is 12.8. The van der Waals surface area contributed by atoms with Crippen molar-refractivity contribution in [2.75, 3.05) is 17.7 Å². The number of carbonyl (C=O) groups excluding carboxylic acids is 1. The molecule has 2 aromatic rings. The van der Waals surface area contributed by atoms with Gasteiger partial charge >= 0.3 is 10.4 Å². The second-order valence-corrected chi connectivity index (χ2v) is 9.22. The molecule has 0 aromatic heterocycles. The summed E-state index contributed by atoms with van der Waals surface area (Å²) in [5.74, 6) is -0.443. The number of carbonyl (C=O) groups is 1. The number of rotatable bonds is 9. The molecular weight excluding hydrogens is 420 g/mol. The molecule has 2 aromatic carbocycles. The molecule has 0 saturated heterocycles. The molecule has 1 amide bonds. The summed E-state index contributed by atoms with van der Waals surface area (Å²) in [5.41, 5.74) is 6.69. The monoisotopic (exact) mass is 440 g/mol. The van der Waals surface area contributed by atoms with Gasteiger partial charge in [0.2, 0.25) is 0 Å². The number of nitrogens with two attached hydrogens (primary N) is 1. The molecule has 0 fully saturated rings. The second kappa shape index (κ2) is 9.18. The number of hydrogen-bond donors (Lipinski definition) is 3. The van der Waals surface area contributed by atoms with Crippen LogP contribution in [0.15, 0.2) is 66.1 Å². The molecule has 0 bridgehead atoms. The fraction of sp³-hybridized carbons (Fsp3) is 0.167. The largest absolute Gasteiger partial charge is 0.399 e. The van der Waals surface area contributed by atoms with E-state index in [-0.39, 0.29) is 17.0 Å². The van der Waals surface area contributed by atoms with Crippen LogP contribution in [-0.4, -0.2) is 39.2 Å². The van der Waals surface area contributed by atoms with Crippen LogP contribution in [0.5, 0.6) is 0 Å². The van der Waals surface area contributed by atoms with Gasteiger partial charge in [-0.15, -0.1) is 6.58 Å². The van der Waals surface area contributed by atoms with E-state index in [1.54, 1.807) is 12.1 Å². The summed E-state index contributed by atoms with van der Waals surface area (Å²) in [6.07, 6.45) is 0.899. The van der Waals surface area contributed by atoms with E-state index in [0.717, 1.165) is 6.08 Å². The highest BCUT2D eigenvalue weighted by Crippen LogP contribution is 2.23. The van der Waals surface area contributed by atoms with Crippen molar-refractivity contribution in [3.63, 3.8) is 0 Å². The van der Waals surface area contributed by atoms with Gasteiger partial charge in [0.1, 0.15) is 0 Å². The van der Waals surface area contributed by atoms with Crippen LogP contribution < -0.4 is 11.1 Å². The Morgan fingerprint density at radius 2 is 1.83 bits per heavy atom. The third kappa shape index (κ3) is 6.39. The normalized spacial score (nSPS) is 12.9. The van der Waals surface area contributed by atoms with Gasteiger partial charge < -0.3 is 11.1 Å². The standard InChI is InChI=1S/C18H20N2O7S2/c1-2-16(10-11-27-29(24,25)26)28(22,23)17-5-3-4-15(12-17)20-18(21)13-6-8-14(19)9-7-13/h2-9,12,16H,1,10-11,19H2,(H,20,21)(H,24,25,26). The molecule has 156 valence electrons. The Balaban J connectivity index is 2.18. The van der Waals surface area contributed by atoms with E-state index in [1.165, 1.54) is 36.4 Å². The third-order valence-corrected chi connectivity index (χ3v) is 6.49. The Bertz CT molecular complexity index is 1100. The van der Waals surface area contributed by atoms with Gasteiger partial charge in [0.15, 0.2) is 9.84 Å². The zero-order valence-corrected chi connectivity index (χ0v) is 16.8. The molecule has 1 unspecified atom stereocenters. The van der Waals surface area contributed by atoms with Gasteiger partial charge in [-0.05, 0) is 48.9 Å². The summed E-state index contributed by atoms with van der Waals surface area (Å²) in [5, 5.41) is 1.44. The minimum Gasteiger partial charge on any atom is -0.399 e. The van der Waals surface area contributed by atoms with E-state index >= 15 is 0 Å². The zero-order valence-electron chi connectivity index (χ0n) is 15.2. The number of nitrogens with one attached hydrogen (secondary N) is 1. The summed E-state index contributed by atoms with van der Waals surface area (Å²) >= 11 is 0. The van der Waals surface area contributed by atoms with Crippen molar-refractivity contribution in [1.82, 2.24) is 0 Å². The molecule has 2 rings (SSSR count). The van der Waals surface area contributed by atoms with Crippen molar-refractivity contribution < 1.29 is 30.4 Å². The number of hydrogen-bond acceptors (Lipinski definition) is 7. The predicted molar refractivity (Wildman–Crippen MR) is 109 cm³/mol. The highest BCUT2D eigenvalue weighted by Gasteiger charge is 2.26. The van der Waals surface area contributed by atoms with Crippen LogP contribution in [0.1, 0.15) is 16.8 Å². The van der Waals surface area contributed by atoms with Crippen LogP contribution in [0, 0.1) is 0 Å². The highest BCUT2D eigenvalue weighted by molar-refractivity contribution is 7.92. The summed E-state index contributed by atoms with van der Waals surface area (Å²) in [6, 6.07) is 11.8. The Morgan fingerprint density at radius 3 is 2.41 bits per heavy atom. The molecule has 1 atom stereocenters. The number of benzene rings is 2. The molecule has 29 heavy (non-hydrogen) atoms. The number of amides is 1. The molecule has 4 N–H and O–H groups in total. The molecule has 11 heteroatoms. The Labute approximate surface area is 169 Å². The zero-order chi connectivity index (χ0) is 21.7. The number of sulfone groups is 1. The van der Waals surface area contributed by atoms with Crippen molar-refractivity contribution in [1.29, 1.82) is 0 Å². The summed E-state index contributed by atoms with van der Waals surface area (Å²) in [4.78, 5) is 12.2. The predicted octanol–water partition coefficient (Wildman–Crippen LogP) is 2.06. The van der Waals surface area contributed by atoms with E-state index < -0.39 is 38.0 Å². The van der Waals surface area contributed by atoms with Gasteiger partial charge in [-0.2, -0.15) is 8.42 Å². The van der Waals surface area contributed by atoms with E-state index in [2.05, 4.69) is 16.1 Å². The van der Waals surface area contributed by atoms with Gasteiger partial charge in [0, 0.05) is 16.9 Å². The molecule has 0 heterocycles. The summed E-state index contributed by atoms with van der Waals surface area (Å²) < 4.78 is 59.6. The van der Waals surface area contributed by atoms with E-state index in [0.29, 0.717) is 11.3 Å². The first kappa shape index (κ1) is 22.6. The summed E-state index contributed by atoms with van der Waals surface area (Å²) in [6.45, 7) is 2.92. The molecule has 0 spiro atoms. The van der Waals surface area contributed by atoms with Gasteiger partial charge in [-0.3, -0.25) is 9.35 Å². The third-order valence-electron chi connectivity index (χ3n) is 3.89. The van der Waals surface area contributed by atoms with Crippen molar-refractivity contribution in [3.05, 3.63) is 66.7 Å². The maximum Gasteiger partial charge on any atom is 0.397 e. The van der Waals surface area contributed by atoms with E-state index in [9.17, 15) is 21.6 Å². The van der Waals surface area contributed by atoms with Crippen molar-refractivity contribution in [2.24, 2.45) is 0 Å². The van der Waals surface area contributed by atoms with Gasteiger partial charge in [0.05, 0.1) is 16.8 Å². The quantitative estimate of drug-likeness (QED) is 0.304. The average Bonchev–Trinajstić information content (AvgIpc) is 2.65. The van der Waals surface area contributed by atoms with Crippen LogP contribution in [0.3, 0.4) is 0 Å². The number of nitrogen functional groups attached to an aromatic ring is 1. The van der Waals surface area contributed by atoms with Crippen LogP contribution >= 0.6 is 0 Å². The molecule has 0 aliphatic carbocycles. The van der Waals surface area contributed by atoms with Crippen molar-refractivity contribution in [2.45, 2.75) is 16.6 Å². The highest BCUT2D eigenvalue weighted by atomic mass is 32.3. The van der Waals surface area contributed by atoms with Crippen LogP contribution in [-0.2, 0) is 24.4 Å². The Kier molecular flexibility index (Phi) is 7.14. The van der Waals surface area contributed by atoms with Crippen molar-refractivity contribution >= 4 is 37.5 Å². The molecule has 0 radical (unpaired) electrons. The van der Waals surface area contributed by atoms with E-state index in [1.807, 2.05) is 0 Å². The van der Waals surface area contributed by atoms with E-state index in [4.69, 9.17) is 10.3 Å². The molecule has 0 aliphatic rings. The molecule has 0 aliphatic heterocycles. The fourth-order valence-corrected chi connectivity index (χ4v) is 4.31.